The lowest BCUT2D eigenvalue weighted by Gasteiger charge is -2.07. The zero-order valence-corrected chi connectivity index (χ0v) is 16.9. The van der Waals surface area contributed by atoms with Crippen LogP contribution < -0.4 is 9.47 Å². The molecule has 0 aliphatic heterocycles. The summed E-state index contributed by atoms with van der Waals surface area (Å²) in [6.07, 6.45) is 0. The summed E-state index contributed by atoms with van der Waals surface area (Å²) < 4.78 is 21.6. The quantitative estimate of drug-likeness (QED) is 0.411. The van der Waals surface area contributed by atoms with Gasteiger partial charge in [0, 0.05) is 11.1 Å². The first kappa shape index (κ1) is 19.0. The fourth-order valence-electron chi connectivity index (χ4n) is 2.61. The molecule has 0 saturated heterocycles. The molecule has 2 aromatic heterocycles. The molecule has 0 aliphatic carbocycles. The van der Waals surface area contributed by atoms with Crippen LogP contribution in [0, 0.1) is 6.92 Å². The fourth-order valence-corrected chi connectivity index (χ4v) is 3.21. The van der Waals surface area contributed by atoms with Crippen LogP contribution in [0.1, 0.15) is 11.5 Å². The van der Waals surface area contributed by atoms with Crippen LogP contribution in [0.25, 0.3) is 22.8 Å². The molecular weight excluding hydrogens is 392 g/mol. The highest BCUT2D eigenvalue weighted by atomic mass is 32.2. The maximum atomic E-state index is 5.70. The van der Waals surface area contributed by atoms with Gasteiger partial charge in [0.05, 0.1) is 20.0 Å². The first-order chi connectivity index (χ1) is 14.2. The Morgan fingerprint density at radius 2 is 1.69 bits per heavy atom. The second kappa shape index (κ2) is 8.36. The summed E-state index contributed by atoms with van der Waals surface area (Å²) >= 11 is 1.33. The van der Waals surface area contributed by atoms with E-state index in [1.807, 2.05) is 37.3 Å². The zero-order valence-electron chi connectivity index (χ0n) is 16.1. The number of hydrogen-bond acceptors (Lipinski definition) is 9. The normalized spacial score (nSPS) is 10.9. The van der Waals surface area contributed by atoms with E-state index < -0.39 is 0 Å². The van der Waals surface area contributed by atoms with Crippen LogP contribution in [-0.4, -0.2) is 34.6 Å². The first-order valence-electron chi connectivity index (χ1n) is 8.74. The van der Waals surface area contributed by atoms with Gasteiger partial charge in [-0.15, -0.1) is 10.2 Å². The van der Waals surface area contributed by atoms with Gasteiger partial charge < -0.3 is 18.4 Å². The Bertz CT molecular complexity index is 1110. The van der Waals surface area contributed by atoms with Gasteiger partial charge >= 0.3 is 0 Å². The van der Waals surface area contributed by atoms with Crippen LogP contribution in [-0.2, 0) is 5.75 Å². The zero-order chi connectivity index (χ0) is 20.2. The summed E-state index contributed by atoms with van der Waals surface area (Å²) in [5.41, 5.74) is 2.81. The van der Waals surface area contributed by atoms with E-state index in [1.165, 1.54) is 17.3 Å². The van der Waals surface area contributed by atoms with E-state index in [-0.39, 0.29) is 0 Å². The Morgan fingerprint density at radius 3 is 2.45 bits per heavy atom. The molecule has 0 amide bonds. The number of aromatic nitrogens is 4. The second-order valence-electron chi connectivity index (χ2n) is 6.11. The average molecular weight is 410 g/mol. The average Bonchev–Trinajstić information content (AvgIpc) is 3.42. The van der Waals surface area contributed by atoms with E-state index >= 15 is 0 Å². The van der Waals surface area contributed by atoms with Gasteiger partial charge in [-0.05, 0) is 37.3 Å². The highest BCUT2D eigenvalue weighted by Crippen LogP contribution is 2.32. The second-order valence-corrected chi connectivity index (χ2v) is 7.04. The van der Waals surface area contributed by atoms with E-state index in [4.69, 9.17) is 18.4 Å². The number of rotatable bonds is 7. The summed E-state index contributed by atoms with van der Waals surface area (Å²) in [7, 11) is 3.16. The molecule has 4 aromatic rings. The van der Waals surface area contributed by atoms with Crippen molar-refractivity contribution >= 4 is 11.8 Å². The fraction of sp³-hybridized carbons (Fsp3) is 0.200. The molecule has 0 atom stereocenters. The Hall–Kier alpha value is -3.33. The van der Waals surface area contributed by atoms with E-state index in [1.54, 1.807) is 26.4 Å². The molecule has 0 aliphatic rings. The van der Waals surface area contributed by atoms with E-state index in [0.717, 1.165) is 11.1 Å². The van der Waals surface area contributed by atoms with Crippen molar-refractivity contribution in [1.82, 2.24) is 20.3 Å². The lowest BCUT2D eigenvalue weighted by Crippen LogP contribution is -1.91. The van der Waals surface area contributed by atoms with Crippen molar-refractivity contribution in [2.75, 3.05) is 14.2 Å². The molecule has 148 valence electrons. The number of nitrogens with zero attached hydrogens (tertiary/aromatic N) is 4. The largest absolute Gasteiger partial charge is 0.493 e. The smallest absolute Gasteiger partial charge is 0.277 e. The first-order valence-corrected chi connectivity index (χ1v) is 9.73. The van der Waals surface area contributed by atoms with Gasteiger partial charge in [-0.1, -0.05) is 34.6 Å². The molecule has 4 rings (SSSR count). The van der Waals surface area contributed by atoms with Gasteiger partial charge in [-0.25, -0.2) is 0 Å². The molecule has 0 bridgehead atoms. The SMILES string of the molecule is COc1ccc(-c2noc(CSc3nnc(-c4ccc(C)cc4)o3)n2)cc1OC. The van der Waals surface area contributed by atoms with E-state index in [9.17, 15) is 0 Å². The minimum absolute atomic E-state index is 0.413. The lowest BCUT2D eigenvalue weighted by atomic mass is 10.1. The summed E-state index contributed by atoms with van der Waals surface area (Å²) in [6, 6.07) is 13.3. The number of benzene rings is 2. The molecule has 29 heavy (non-hydrogen) atoms. The molecule has 0 saturated carbocycles. The minimum atomic E-state index is 0.413. The van der Waals surface area contributed by atoms with Crippen molar-refractivity contribution in [1.29, 1.82) is 0 Å². The molecular formula is C20H18N4O4S. The van der Waals surface area contributed by atoms with Gasteiger partial charge in [0.1, 0.15) is 0 Å². The van der Waals surface area contributed by atoms with Crippen LogP contribution in [0.5, 0.6) is 11.5 Å². The van der Waals surface area contributed by atoms with Gasteiger partial charge in [0.25, 0.3) is 5.22 Å². The Kier molecular flexibility index (Phi) is 5.48. The van der Waals surface area contributed by atoms with Crippen LogP contribution in [0.15, 0.2) is 56.6 Å². The number of hydrogen-bond donors (Lipinski definition) is 0. The highest BCUT2D eigenvalue weighted by Gasteiger charge is 2.14. The Morgan fingerprint density at radius 1 is 0.931 bits per heavy atom. The van der Waals surface area contributed by atoms with E-state index in [2.05, 4.69) is 20.3 Å². The van der Waals surface area contributed by atoms with E-state index in [0.29, 0.717) is 40.1 Å². The molecule has 2 heterocycles. The summed E-state index contributed by atoms with van der Waals surface area (Å²) in [5.74, 6) is 3.04. The number of thioether (sulfide) groups is 1. The molecule has 2 aromatic carbocycles. The maximum Gasteiger partial charge on any atom is 0.277 e. The summed E-state index contributed by atoms with van der Waals surface area (Å²) in [4.78, 5) is 4.42. The van der Waals surface area contributed by atoms with Crippen LogP contribution in [0.2, 0.25) is 0 Å². The Labute approximate surface area is 171 Å². The predicted octanol–water partition coefficient (Wildman–Crippen LogP) is 4.40. The molecule has 0 fully saturated rings. The number of aryl methyl sites for hydroxylation is 1. The summed E-state index contributed by atoms with van der Waals surface area (Å²) in [6.45, 7) is 2.03. The van der Waals surface area contributed by atoms with Crippen molar-refractivity contribution in [3.8, 4) is 34.3 Å². The van der Waals surface area contributed by atoms with Crippen molar-refractivity contribution in [3.05, 3.63) is 53.9 Å². The van der Waals surface area contributed by atoms with Crippen LogP contribution in [0.4, 0.5) is 0 Å². The highest BCUT2D eigenvalue weighted by molar-refractivity contribution is 7.98. The molecule has 0 spiro atoms. The van der Waals surface area contributed by atoms with Crippen LogP contribution in [0.3, 0.4) is 0 Å². The van der Waals surface area contributed by atoms with Crippen molar-refractivity contribution in [2.24, 2.45) is 0 Å². The van der Waals surface area contributed by atoms with Gasteiger partial charge in [-0.2, -0.15) is 4.98 Å². The number of ether oxygens (including phenoxy) is 2. The molecule has 9 heteroatoms. The van der Waals surface area contributed by atoms with Gasteiger partial charge in [-0.3, -0.25) is 0 Å². The van der Waals surface area contributed by atoms with Crippen molar-refractivity contribution in [2.45, 2.75) is 17.9 Å². The monoisotopic (exact) mass is 410 g/mol. The predicted molar refractivity (Wildman–Crippen MR) is 107 cm³/mol. The van der Waals surface area contributed by atoms with Crippen molar-refractivity contribution in [3.63, 3.8) is 0 Å². The van der Waals surface area contributed by atoms with Crippen molar-refractivity contribution < 1.29 is 18.4 Å². The molecule has 0 unspecified atom stereocenters. The molecule has 8 nitrogen and oxygen atoms in total. The third-order valence-electron chi connectivity index (χ3n) is 4.13. The van der Waals surface area contributed by atoms with Gasteiger partial charge in [0.15, 0.2) is 11.5 Å². The third-order valence-corrected chi connectivity index (χ3v) is 4.94. The topological polar surface area (TPSA) is 96.3 Å². The molecule has 0 N–H and O–H groups in total. The lowest BCUT2D eigenvalue weighted by molar-refractivity contribution is 0.355. The minimum Gasteiger partial charge on any atom is -0.493 e. The van der Waals surface area contributed by atoms with Crippen LogP contribution >= 0.6 is 11.8 Å². The van der Waals surface area contributed by atoms with Gasteiger partial charge in [0.2, 0.25) is 17.6 Å². The standard InChI is InChI=1S/C20H18N4O4S/c1-12-4-6-13(7-5-12)19-22-23-20(27-19)29-11-17-21-18(24-28-17)14-8-9-15(25-2)16(10-14)26-3/h4-10H,11H2,1-3H3. The number of methoxy groups -OCH3 is 2. The summed E-state index contributed by atoms with van der Waals surface area (Å²) in [5, 5.41) is 12.6. The third kappa shape index (κ3) is 4.24. The maximum absolute atomic E-state index is 5.70. The molecule has 0 radical (unpaired) electrons. The Balaban J connectivity index is 1.43.